The van der Waals surface area contributed by atoms with Crippen molar-refractivity contribution in [3.05, 3.63) is 60.2 Å². The van der Waals surface area contributed by atoms with Crippen LogP contribution in [-0.2, 0) is 4.79 Å². The molecule has 1 aliphatic rings. The van der Waals surface area contributed by atoms with Crippen molar-refractivity contribution in [2.24, 2.45) is 5.92 Å². The fourth-order valence-electron chi connectivity index (χ4n) is 3.40. The first-order valence-corrected chi connectivity index (χ1v) is 10.2. The number of aryl methyl sites for hydroxylation is 1. The van der Waals surface area contributed by atoms with E-state index in [-0.39, 0.29) is 18.5 Å². The molecule has 29 heavy (non-hydrogen) atoms. The molecule has 0 aliphatic carbocycles. The molecule has 3 amide bonds. The molecule has 0 unspecified atom stereocenters. The van der Waals surface area contributed by atoms with Gasteiger partial charge in [0, 0.05) is 25.3 Å². The zero-order valence-corrected chi connectivity index (χ0v) is 16.9. The van der Waals surface area contributed by atoms with Crippen molar-refractivity contribution in [3.8, 4) is 5.75 Å². The third kappa shape index (κ3) is 6.82. The number of likely N-dealkylation sites (tertiary alicyclic amines) is 1. The number of carbonyl (C=O) groups is 2. The topological polar surface area (TPSA) is 70.7 Å². The summed E-state index contributed by atoms with van der Waals surface area (Å²) in [6, 6.07) is 17.1. The van der Waals surface area contributed by atoms with Crippen molar-refractivity contribution >= 4 is 17.6 Å². The standard InChI is InChI=1S/C23H29N3O3/c1-18-7-9-20(10-8-18)25-23(28)26-15-12-19(13-16-26)11-14-24-22(27)17-29-21-5-3-2-4-6-21/h2-10,19H,11-17H2,1H3,(H,24,27)(H,25,28). The molecule has 0 atom stereocenters. The summed E-state index contributed by atoms with van der Waals surface area (Å²) in [6.07, 6.45) is 2.83. The molecule has 1 heterocycles. The molecule has 154 valence electrons. The molecule has 0 spiro atoms. The van der Waals surface area contributed by atoms with E-state index in [0.717, 1.165) is 38.0 Å². The lowest BCUT2D eigenvalue weighted by atomic mass is 9.94. The molecule has 2 aromatic rings. The predicted molar refractivity (Wildman–Crippen MR) is 114 cm³/mol. The fourth-order valence-corrected chi connectivity index (χ4v) is 3.40. The van der Waals surface area contributed by atoms with Gasteiger partial charge in [-0.05, 0) is 56.4 Å². The van der Waals surface area contributed by atoms with Gasteiger partial charge in [-0.1, -0.05) is 35.9 Å². The molecule has 0 bridgehead atoms. The van der Waals surface area contributed by atoms with E-state index in [0.29, 0.717) is 18.2 Å². The Hall–Kier alpha value is -3.02. The minimum atomic E-state index is -0.108. The molecular formula is C23H29N3O3. The molecule has 2 aromatic carbocycles. The molecule has 6 nitrogen and oxygen atoms in total. The number of benzene rings is 2. The number of rotatable bonds is 7. The first-order valence-electron chi connectivity index (χ1n) is 10.2. The minimum Gasteiger partial charge on any atom is -0.484 e. The quantitative estimate of drug-likeness (QED) is 0.749. The summed E-state index contributed by atoms with van der Waals surface area (Å²) >= 11 is 0. The number of piperidine rings is 1. The van der Waals surface area contributed by atoms with Gasteiger partial charge in [0.15, 0.2) is 6.61 Å². The van der Waals surface area contributed by atoms with Crippen molar-refractivity contribution in [2.45, 2.75) is 26.2 Å². The van der Waals surface area contributed by atoms with E-state index in [2.05, 4.69) is 10.6 Å². The van der Waals surface area contributed by atoms with Crippen molar-refractivity contribution in [1.82, 2.24) is 10.2 Å². The maximum absolute atomic E-state index is 12.4. The van der Waals surface area contributed by atoms with Crippen LogP contribution in [0, 0.1) is 12.8 Å². The Kier molecular flexibility index (Phi) is 7.50. The summed E-state index contributed by atoms with van der Waals surface area (Å²) in [7, 11) is 0. The second-order valence-corrected chi connectivity index (χ2v) is 7.47. The number of anilines is 1. The average molecular weight is 396 g/mol. The lowest BCUT2D eigenvalue weighted by Crippen LogP contribution is -2.41. The predicted octanol–water partition coefficient (Wildman–Crippen LogP) is 3.82. The Morgan fingerprint density at radius 1 is 1.03 bits per heavy atom. The average Bonchev–Trinajstić information content (AvgIpc) is 2.75. The maximum atomic E-state index is 12.4. The van der Waals surface area contributed by atoms with E-state index in [1.807, 2.05) is 66.4 Å². The van der Waals surface area contributed by atoms with Crippen LogP contribution in [0.25, 0.3) is 0 Å². The van der Waals surface area contributed by atoms with Crippen LogP contribution < -0.4 is 15.4 Å². The lowest BCUT2D eigenvalue weighted by Gasteiger charge is -2.32. The van der Waals surface area contributed by atoms with Gasteiger partial charge in [-0.2, -0.15) is 0 Å². The molecular weight excluding hydrogens is 366 g/mol. The van der Waals surface area contributed by atoms with Crippen LogP contribution in [0.5, 0.6) is 5.75 Å². The van der Waals surface area contributed by atoms with Crippen LogP contribution in [0.15, 0.2) is 54.6 Å². The molecule has 3 rings (SSSR count). The highest BCUT2D eigenvalue weighted by Crippen LogP contribution is 2.21. The number of nitrogens with one attached hydrogen (secondary N) is 2. The minimum absolute atomic E-state index is 0.0294. The van der Waals surface area contributed by atoms with Crippen molar-refractivity contribution < 1.29 is 14.3 Å². The Morgan fingerprint density at radius 3 is 2.41 bits per heavy atom. The van der Waals surface area contributed by atoms with Gasteiger partial charge in [-0.3, -0.25) is 4.79 Å². The second-order valence-electron chi connectivity index (χ2n) is 7.47. The fraction of sp³-hybridized carbons (Fsp3) is 0.391. The zero-order valence-electron chi connectivity index (χ0n) is 16.9. The van der Waals surface area contributed by atoms with Crippen LogP contribution in [0.2, 0.25) is 0 Å². The van der Waals surface area contributed by atoms with Crippen molar-refractivity contribution in [2.75, 3.05) is 31.6 Å². The Labute approximate surface area is 172 Å². The first-order chi connectivity index (χ1) is 14.1. The first kappa shape index (κ1) is 20.7. The van der Waals surface area contributed by atoms with Crippen LogP contribution in [0.4, 0.5) is 10.5 Å². The number of hydrogen-bond donors (Lipinski definition) is 2. The highest BCUT2D eigenvalue weighted by atomic mass is 16.5. The second kappa shape index (κ2) is 10.5. The number of ether oxygens (including phenoxy) is 1. The van der Waals surface area contributed by atoms with Gasteiger partial charge in [-0.25, -0.2) is 4.79 Å². The number of amides is 3. The van der Waals surface area contributed by atoms with E-state index in [1.165, 1.54) is 5.56 Å². The van der Waals surface area contributed by atoms with Crippen LogP contribution in [0.1, 0.15) is 24.8 Å². The lowest BCUT2D eigenvalue weighted by molar-refractivity contribution is -0.123. The summed E-state index contributed by atoms with van der Waals surface area (Å²) in [5.41, 5.74) is 1.99. The van der Waals surface area contributed by atoms with E-state index < -0.39 is 0 Å². The van der Waals surface area contributed by atoms with E-state index >= 15 is 0 Å². The SMILES string of the molecule is Cc1ccc(NC(=O)N2CCC(CCNC(=O)COc3ccccc3)CC2)cc1. The van der Waals surface area contributed by atoms with Gasteiger partial charge < -0.3 is 20.3 Å². The number of hydrogen-bond acceptors (Lipinski definition) is 3. The van der Waals surface area contributed by atoms with E-state index in [9.17, 15) is 9.59 Å². The van der Waals surface area contributed by atoms with Gasteiger partial charge in [0.1, 0.15) is 5.75 Å². The van der Waals surface area contributed by atoms with Crippen LogP contribution in [0.3, 0.4) is 0 Å². The number of carbonyl (C=O) groups excluding carboxylic acids is 2. The number of urea groups is 1. The van der Waals surface area contributed by atoms with Crippen LogP contribution >= 0.6 is 0 Å². The molecule has 0 saturated carbocycles. The van der Waals surface area contributed by atoms with Gasteiger partial charge in [0.25, 0.3) is 5.91 Å². The third-order valence-corrected chi connectivity index (χ3v) is 5.19. The maximum Gasteiger partial charge on any atom is 0.321 e. The van der Waals surface area contributed by atoms with Crippen molar-refractivity contribution in [3.63, 3.8) is 0 Å². The van der Waals surface area contributed by atoms with Gasteiger partial charge in [0.05, 0.1) is 0 Å². The van der Waals surface area contributed by atoms with E-state index in [4.69, 9.17) is 4.74 Å². The summed E-state index contributed by atoms with van der Waals surface area (Å²) in [5, 5.41) is 5.87. The number of nitrogens with zero attached hydrogens (tertiary/aromatic N) is 1. The summed E-state index contributed by atoms with van der Waals surface area (Å²) < 4.78 is 5.44. The van der Waals surface area contributed by atoms with Crippen LogP contribution in [-0.4, -0.2) is 43.1 Å². The van der Waals surface area contributed by atoms with Gasteiger partial charge in [0.2, 0.25) is 0 Å². The largest absolute Gasteiger partial charge is 0.484 e. The van der Waals surface area contributed by atoms with Gasteiger partial charge in [-0.15, -0.1) is 0 Å². The van der Waals surface area contributed by atoms with E-state index in [1.54, 1.807) is 0 Å². The Balaban J connectivity index is 1.30. The summed E-state index contributed by atoms with van der Waals surface area (Å²) in [5.74, 6) is 1.11. The molecule has 1 fully saturated rings. The zero-order chi connectivity index (χ0) is 20.5. The smallest absolute Gasteiger partial charge is 0.321 e. The highest BCUT2D eigenvalue weighted by molar-refractivity contribution is 5.89. The molecule has 0 aromatic heterocycles. The summed E-state index contributed by atoms with van der Waals surface area (Å²) in [4.78, 5) is 26.2. The molecule has 0 radical (unpaired) electrons. The Bertz CT molecular complexity index is 785. The van der Waals surface area contributed by atoms with Gasteiger partial charge >= 0.3 is 6.03 Å². The highest BCUT2D eigenvalue weighted by Gasteiger charge is 2.22. The number of para-hydroxylation sites is 1. The molecule has 1 aliphatic heterocycles. The third-order valence-electron chi connectivity index (χ3n) is 5.19. The van der Waals surface area contributed by atoms with Crippen molar-refractivity contribution in [1.29, 1.82) is 0 Å². The summed E-state index contributed by atoms with van der Waals surface area (Å²) in [6.45, 7) is 4.18. The molecule has 2 N–H and O–H groups in total. The normalized spacial score (nSPS) is 14.3. The monoisotopic (exact) mass is 395 g/mol. The Morgan fingerprint density at radius 2 is 1.72 bits per heavy atom. The molecule has 6 heteroatoms. The molecule has 1 saturated heterocycles.